The van der Waals surface area contributed by atoms with E-state index >= 15 is 0 Å². The average Bonchev–Trinajstić information content (AvgIpc) is 2.95. The molecule has 0 saturated heterocycles. The molecule has 4 heteroatoms. The highest BCUT2D eigenvalue weighted by Crippen LogP contribution is 2.33. The van der Waals surface area contributed by atoms with Gasteiger partial charge in [-0.25, -0.2) is 4.39 Å². The molecule has 0 heterocycles. The summed E-state index contributed by atoms with van der Waals surface area (Å²) < 4.78 is 12.9. The zero-order valence-corrected chi connectivity index (χ0v) is 9.09. The van der Waals surface area contributed by atoms with E-state index in [1.54, 1.807) is 11.0 Å². The lowest BCUT2D eigenvalue weighted by molar-refractivity contribution is -0.116. The molecule has 1 fully saturated rings. The predicted octanol–water partition coefficient (Wildman–Crippen LogP) is 2.99. The highest BCUT2D eigenvalue weighted by Gasteiger charge is 2.32. The van der Waals surface area contributed by atoms with E-state index in [1.807, 2.05) is 0 Å². The zero-order valence-electron chi connectivity index (χ0n) is 8.34. The van der Waals surface area contributed by atoms with Crippen LogP contribution in [0.25, 0.3) is 0 Å². The molecule has 1 amide bonds. The normalized spacial score (nSPS) is 15.1. The average molecular weight is 228 g/mol. The summed E-state index contributed by atoms with van der Waals surface area (Å²) in [6.07, 6.45) is 2.02. The minimum Gasteiger partial charge on any atom is -0.310 e. The number of carbonyl (C=O) groups is 1. The molecule has 1 saturated carbocycles. The maximum atomic E-state index is 12.9. The summed E-state index contributed by atoms with van der Waals surface area (Å²) in [4.78, 5) is 13.1. The number of anilines is 1. The van der Waals surface area contributed by atoms with Gasteiger partial charge in [0.1, 0.15) is 5.82 Å². The van der Waals surface area contributed by atoms with Gasteiger partial charge in [0.05, 0.1) is 5.02 Å². The third-order valence-corrected chi connectivity index (χ3v) is 2.72. The number of hydrogen-bond donors (Lipinski definition) is 0. The standard InChI is InChI=1S/C11H11ClFNO/c1-7(15)14(8-2-3-8)9-4-5-11(13)10(12)6-9/h4-6,8H,2-3H2,1H3. The molecule has 0 N–H and O–H groups in total. The summed E-state index contributed by atoms with van der Waals surface area (Å²) in [5.74, 6) is -0.486. The van der Waals surface area contributed by atoms with Crippen molar-refractivity contribution in [1.29, 1.82) is 0 Å². The first-order chi connectivity index (χ1) is 7.09. The van der Waals surface area contributed by atoms with Crippen molar-refractivity contribution in [3.8, 4) is 0 Å². The Morgan fingerprint density at radius 3 is 2.67 bits per heavy atom. The van der Waals surface area contributed by atoms with Crippen molar-refractivity contribution in [3.63, 3.8) is 0 Å². The molecule has 2 nitrogen and oxygen atoms in total. The SMILES string of the molecule is CC(=O)N(c1ccc(F)c(Cl)c1)C1CC1. The van der Waals surface area contributed by atoms with Crippen LogP contribution in [0.5, 0.6) is 0 Å². The minimum absolute atomic E-state index is 0.0276. The molecular weight excluding hydrogens is 217 g/mol. The number of halogens is 2. The van der Waals surface area contributed by atoms with Crippen molar-refractivity contribution in [2.45, 2.75) is 25.8 Å². The highest BCUT2D eigenvalue weighted by atomic mass is 35.5. The first-order valence-corrected chi connectivity index (χ1v) is 5.22. The van der Waals surface area contributed by atoms with Crippen LogP contribution in [0.3, 0.4) is 0 Å². The molecule has 1 aromatic carbocycles. The second-order valence-corrected chi connectivity index (χ2v) is 4.13. The van der Waals surface area contributed by atoms with Crippen LogP contribution in [0.15, 0.2) is 18.2 Å². The monoisotopic (exact) mass is 227 g/mol. The molecule has 1 aromatic rings. The third-order valence-electron chi connectivity index (χ3n) is 2.43. The summed E-state index contributed by atoms with van der Waals surface area (Å²) in [6.45, 7) is 1.51. The van der Waals surface area contributed by atoms with Crippen LogP contribution < -0.4 is 4.90 Å². The fourth-order valence-electron chi connectivity index (χ4n) is 1.62. The van der Waals surface area contributed by atoms with Crippen molar-refractivity contribution in [2.24, 2.45) is 0 Å². The van der Waals surface area contributed by atoms with Crippen molar-refractivity contribution in [1.82, 2.24) is 0 Å². The van der Waals surface area contributed by atoms with Crippen molar-refractivity contribution < 1.29 is 9.18 Å². The maximum absolute atomic E-state index is 12.9. The molecule has 1 aliphatic rings. The van der Waals surface area contributed by atoms with E-state index in [0.717, 1.165) is 12.8 Å². The van der Waals surface area contributed by atoms with Gasteiger partial charge in [-0.3, -0.25) is 4.79 Å². The molecule has 0 unspecified atom stereocenters. The fraction of sp³-hybridized carbons (Fsp3) is 0.364. The van der Waals surface area contributed by atoms with E-state index in [0.29, 0.717) is 5.69 Å². The number of carbonyl (C=O) groups excluding carboxylic acids is 1. The molecule has 1 aliphatic carbocycles. The molecule has 0 aromatic heterocycles. The Hall–Kier alpha value is -1.09. The van der Waals surface area contributed by atoms with Gasteiger partial charge in [0.25, 0.3) is 0 Å². The number of benzene rings is 1. The lowest BCUT2D eigenvalue weighted by atomic mass is 10.2. The Bertz CT molecular complexity index is 404. The van der Waals surface area contributed by atoms with Gasteiger partial charge < -0.3 is 4.90 Å². The Morgan fingerprint density at radius 2 is 2.20 bits per heavy atom. The molecule has 0 spiro atoms. The van der Waals surface area contributed by atoms with Gasteiger partial charge in [-0.15, -0.1) is 0 Å². The van der Waals surface area contributed by atoms with Gasteiger partial charge in [0.2, 0.25) is 5.91 Å². The minimum atomic E-state index is -0.459. The smallest absolute Gasteiger partial charge is 0.224 e. The fourth-order valence-corrected chi connectivity index (χ4v) is 1.79. The van der Waals surface area contributed by atoms with Gasteiger partial charge in [-0.2, -0.15) is 0 Å². The molecular formula is C11H11ClFNO. The lowest BCUT2D eigenvalue weighted by Crippen LogP contribution is -2.30. The Kier molecular flexibility index (Phi) is 2.65. The van der Waals surface area contributed by atoms with Gasteiger partial charge in [-0.05, 0) is 31.0 Å². The zero-order chi connectivity index (χ0) is 11.0. The lowest BCUT2D eigenvalue weighted by Gasteiger charge is -2.20. The van der Waals surface area contributed by atoms with Crippen molar-refractivity contribution >= 4 is 23.2 Å². The number of amides is 1. The first kappa shape index (κ1) is 10.4. The molecule has 2 rings (SSSR count). The van der Waals surface area contributed by atoms with E-state index in [4.69, 9.17) is 11.6 Å². The van der Waals surface area contributed by atoms with Gasteiger partial charge in [0.15, 0.2) is 0 Å². The largest absolute Gasteiger partial charge is 0.310 e. The van der Waals surface area contributed by atoms with Crippen LogP contribution in [-0.4, -0.2) is 11.9 Å². The van der Waals surface area contributed by atoms with Gasteiger partial charge in [-0.1, -0.05) is 11.6 Å². The Balaban J connectivity index is 2.33. The van der Waals surface area contributed by atoms with E-state index in [2.05, 4.69) is 0 Å². The quantitative estimate of drug-likeness (QED) is 0.761. The van der Waals surface area contributed by atoms with Crippen LogP contribution in [0.2, 0.25) is 5.02 Å². The summed E-state index contributed by atoms with van der Waals surface area (Å²) >= 11 is 5.67. The summed E-state index contributed by atoms with van der Waals surface area (Å²) in [6, 6.07) is 4.64. The Labute approximate surface area is 92.6 Å². The summed E-state index contributed by atoms with van der Waals surface area (Å²) in [5.41, 5.74) is 0.677. The number of rotatable bonds is 2. The van der Waals surface area contributed by atoms with Crippen molar-refractivity contribution in [2.75, 3.05) is 4.90 Å². The van der Waals surface area contributed by atoms with Crippen LogP contribution >= 0.6 is 11.6 Å². The van der Waals surface area contributed by atoms with Crippen LogP contribution in [0.4, 0.5) is 10.1 Å². The predicted molar refractivity (Wildman–Crippen MR) is 57.6 cm³/mol. The highest BCUT2D eigenvalue weighted by molar-refractivity contribution is 6.31. The Morgan fingerprint density at radius 1 is 1.53 bits per heavy atom. The second kappa shape index (κ2) is 3.81. The maximum Gasteiger partial charge on any atom is 0.224 e. The van der Waals surface area contributed by atoms with E-state index in [-0.39, 0.29) is 17.0 Å². The van der Waals surface area contributed by atoms with Crippen LogP contribution in [-0.2, 0) is 4.79 Å². The molecule has 0 bridgehead atoms. The van der Waals surface area contributed by atoms with E-state index < -0.39 is 5.82 Å². The summed E-state index contributed by atoms with van der Waals surface area (Å²) in [7, 11) is 0. The first-order valence-electron chi connectivity index (χ1n) is 4.84. The van der Waals surface area contributed by atoms with Crippen LogP contribution in [0, 0.1) is 5.82 Å². The van der Waals surface area contributed by atoms with Crippen molar-refractivity contribution in [3.05, 3.63) is 29.0 Å². The van der Waals surface area contributed by atoms with E-state index in [1.165, 1.54) is 19.1 Å². The molecule has 0 radical (unpaired) electrons. The number of hydrogen-bond acceptors (Lipinski definition) is 1. The molecule has 80 valence electrons. The second-order valence-electron chi connectivity index (χ2n) is 3.72. The molecule has 15 heavy (non-hydrogen) atoms. The van der Waals surface area contributed by atoms with Crippen LogP contribution in [0.1, 0.15) is 19.8 Å². The molecule has 0 atom stereocenters. The topological polar surface area (TPSA) is 20.3 Å². The third kappa shape index (κ3) is 2.12. The van der Waals surface area contributed by atoms with E-state index in [9.17, 15) is 9.18 Å². The van der Waals surface area contributed by atoms with Gasteiger partial charge in [0, 0.05) is 18.7 Å². The summed E-state index contributed by atoms with van der Waals surface area (Å²) in [5, 5.41) is 0.0550. The van der Waals surface area contributed by atoms with Gasteiger partial charge >= 0.3 is 0 Å². The molecule has 0 aliphatic heterocycles. The number of nitrogens with zero attached hydrogens (tertiary/aromatic N) is 1.